The Hall–Kier alpha value is -1.04. The van der Waals surface area contributed by atoms with Gasteiger partial charge in [0.1, 0.15) is 5.15 Å². The van der Waals surface area contributed by atoms with Crippen LogP contribution in [0.1, 0.15) is 65.5 Å². The lowest BCUT2D eigenvalue weighted by molar-refractivity contribution is 0.310. The molecule has 2 N–H and O–H groups in total. The van der Waals surface area contributed by atoms with E-state index in [0.717, 1.165) is 41.4 Å². The first-order valence-electron chi connectivity index (χ1n) is 9.48. The quantitative estimate of drug-likeness (QED) is 0.418. The maximum Gasteiger partial charge on any atom is 0.222 e. The van der Waals surface area contributed by atoms with Crippen molar-refractivity contribution < 1.29 is 4.74 Å². The summed E-state index contributed by atoms with van der Waals surface area (Å²) in [5.74, 6) is 1.68. The van der Waals surface area contributed by atoms with Gasteiger partial charge in [-0.25, -0.2) is 9.97 Å². The largest absolute Gasteiger partial charge is 0.477 e. The summed E-state index contributed by atoms with van der Waals surface area (Å²) >= 11 is 7.86. The molecule has 4 nitrogen and oxygen atoms in total. The molecule has 0 spiro atoms. The summed E-state index contributed by atoms with van der Waals surface area (Å²) in [6.45, 7) is 10.8. The van der Waals surface area contributed by atoms with E-state index in [2.05, 4.69) is 23.1 Å². The van der Waals surface area contributed by atoms with E-state index in [4.69, 9.17) is 22.1 Å². The predicted molar refractivity (Wildman–Crippen MR) is 118 cm³/mol. The molecule has 0 bridgehead atoms. The van der Waals surface area contributed by atoms with Crippen LogP contribution in [0.5, 0.6) is 5.88 Å². The van der Waals surface area contributed by atoms with E-state index in [9.17, 15) is 0 Å². The Bertz CT molecular complexity index is 625. The first-order valence-corrected chi connectivity index (χ1v) is 11.3. The number of nitrogens with two attached hydrogens (primary N) is 1. The summed E-state index contributed by atoms with van der Waals surface area (Å²) in [5.41, 5.74) is 7.26. The van der Waals surface area contributed by atoms with E-state index in [1.54, 1.807) is 6.20 Å². The zero-order valence-electron chi connectivity index (χ0n) is 17.0. The molecule has 2 aromatic rings. The second kappa shape index (κ2) is 15.1. The van der Waals surface area contributed by atoms with E-state index in [1.807, 2.05) is 51.7 Å². The molecule has 2 rings (SSSR count). The number of aromatic nitrogens is 2. The molecule has 0 aliphatic carbocycles. The van der Waals surface area contributed by atoms with Crippen molar-refractivity contribution in [1.29, 1.82) is 0 Å². The third-order valence-corrected chi connectivity index (χ3v) is 4.37. The van der Waals surface area contributed by atoms with Gasteiger partial charge in [0, 0.05) is 18.4 Å². The molecular weight excluding hydrogens is 366 g/mol. The molecule has 2 aromatic heterocycles. The molecule has 0 aliphatic rings. The van der Waals surface area contributed by atoms with Crippen LogP contribution in [0.15, 0.2) is 18.5 Å². The van der Waals surface area contributed by atoms with Crippen LogP contribution in [0.25, 0.3) is 10.8 Å². The Balaban J connectivity index is 0.00000146. The summed E-state index contributed by atoms with van der Waals surface area (Å²) in [7, 11) is 0. The maximum atomic E-state index is 6.26. The van der Waals surface area contributed by atoms with E-state index in [-0.39, 0.29) is 6.04 Å². The van der Waals surface area contributed by atoms with E-state index in [0.29, 0.717) is 17.6 Å². The SMILES string of the molecule is CC.CC.CCCC(N)c1cnc(OCCCSC)c2cnc(Cl)cc12. The molecule has 1 unspecified atom stereocenters. The highest BCUT2D eigenvalue weighted by molar-refractivity contribution is 7.98. The van der Waals surface area contributed by atoms with Crippen molar-refractivity contribution in [3.63, 3.8) is 0 Å². The number of thioether (sulfide) groups is 1. The molecule has 0 amide bonds. The minimum atomic E-state index is -0.0518. The average Bonchev–Trinajstić information content (AvgIpc) is 2.68. The molecule has 0 aliphatic heterocycles. The number of hydrogen-bond donors (Lipinski definition) is 1. The summed E-state index contributed by atoms with van der Waals surface area (Å²) in [5, 5.41) is 2.31. The highest BCUT2D eigenvalue weighted by Crippen LogP contribution is 2.31. The number of nitrogens with zero attached hydrogens (tertiary/aromatic N) is 2. The fourth-order valence-electron chi connectivity index (χ4n) is 2.36. The summed E-state index contributed by atoms with van der Waals surface area (Å²) in [4.78, 5) is 8.60. The zero-order valence-corrected chi connectivity index (χ0v) is 18.6. The third-order valence-electron chi connectivity index (χ3n) is 3.46. The second-order valence-corrected chi connectivity index (χ2v) is 6.53. The molecule has 26 heavy (non-hydrogen) atoms. The molecule has 6 heteroatoms. The Morgan fingerprint density at radius 2 is 1.85 bits per heavy atom. The number of rotatable bonds is 8. The molecule has 148 valence electrons. The second-order valence-electron chi connectivity index (χ2n) is 5.16. The van der Waals surface area contributed by atoms with Gasteiger partial charge in [-0.05, 0) is 41.9 Å². The van der Waals surface area contributed by atoms with Gasteiger partial charge in [0.2, 0.25) is 5.88 Å². The standard InChI is InChI=1S/C16H22ClN3OS.2C2H6/c1-3-5-14(18)12-9-20-16(21-6-4-7-22-2)13-10-19-15(17)8-11(12)13;2*1-2/h8-10,14H,3-7,18H2,1-2H3;2*1-2H3. The molecule has 0 fully saturated rings. The summed E-state index contributed by atoms with van der Waals surface area (Å²) in [6, 6.07) is 1.79. The van der Waals surface area contributed by atoms with Crippen LogP contribution in [0.3, 0.4) is 0 Å². The zero-order chi connectivity index (χ0) is 19.9. The van der Waals surface area contributed by atoms with Crippen molar-refractivity contribution in [3.05, 3.63) is 29.2 Å². The average molecular weight is 400 g/mol. The van der Waals surface area contributed by atoms with Crippen LogP contribution in [0.4, 0.5) is 0 Å². The number of ether oxygens (including phenoxy) is 1. The van der Waals surface area contributed by atoms with Crippen molar-refractivity contribution in [2.75, 3.05) is 18.6 Å². The normalized spacial score (nSPS) is 11.1. The van der Waals surface area contributed by atoms with E-state index >= 15 is 0 Å². The maximum absolute atomic E-state index is 6.26. The van der Waals surface area contributed by atoms with Crippen molar-refractivity contribution >= 4 is 34.1 Å². The lowest BCUT2D eigenvalue weighted by atomic mass is 10.00. The van der Waals surface area contributed by atoms with Gasteiger partial charge in [-0.3, -0.25) is 0 Å². The van der Waals surface area contributed by atoms with E-state index < -0.39 is 0 Å². The van der Waals surface area contributed by atoms with Gasteiger partial charge >= 0.3 is 0 Å². The Labute approximate surface area is 168 Å². The Morgan fingerprint density at radius 1 is 1.15 bits per heavy atom. The number of hydrogen-bond acceptors (Lipinski definition) is 5. The summed E-state index contributed by atoms with van der Waals surface area (Å²) in [6.07, 6.45) is 8.53. The van der Waals surface area contributed by atoms with Crippen LogP contribution < -0.4 is 10.5 Å². The van der Waals surface area contributed by atoms with Crippen molar-refractivity contribution in [3.8, 4) is 5.88 Å². The molecule has 0 saturated heterocycles. The van der Waals surface area contributed by atoms with Crippen LogP contribution in [-0.2, 0) is 0 Å². The predicted octanol–water partition coefficient (Wildman–Crippen LogP) is 6.27. The highest BCUT2D eigenvalue weighted by Gasteiger charge is 2.14. The first-order chi connectivity index (χ1) is 12.7. The monoisotopic (exact) mass is 399 g/mol. The molecule has 2 heterocycles. The fraction of sp³-hybridized carbons (Fsp3) is 0.600. The summed E-state index contributed by atoms with van der Waals surface area (Å²) < 4.78 is 5.81. The lowest BCUT2D eigenvalue weighted by Crippen LogP contribution is -2.11. The fourth-order valence-corrected chi connectivity index (χ4v) is 2.92. The minimum absolute atomic E-state index is 0.0518. The molecule has 0 saturated carbocycles. The van der Waals surface area contributed by atoms with Crippen LogP contribution in [0.2, 0.25) is 5.15 Å². The molecular formula is C20H34ClN3OS. The smallest absolute Gasteiger partial charge is 0.222 e. The van der Waals surface area contributed by atoms with Gasteiger partial charge < -0.3 is 10.5 Å². The van der Waals surface area contributed by atoms with Crippen LogP contribution in [0, 0.1) is 0 Å². The van der Waals surface area contributed by atoms with Crippen molar-refractivity contribution in [2.45, 2.75) is 59.9 Å². The lowest BCUT2D eigenvalue weighted by Gasteiger charge is -2.15. The van der Waals surface area contributed by atoms with Crippen LogP contribution >= 0.6 is 23.4 Å². The van der Waals surface area contributed by atoms with Gasteiger partial charge in [0.25, 0.3) is 0 Å². The van der Waals surface area contributed by atoms with Gasteiger partial charge in [-0.1, -0.05) is 52.6 Å². The topological polar surface area (TPSA) is 61.0 Å². The minimum Gasteiger partial charge on any atom is -0.477 e. The van der Waals surface area contributed by atoms with E-state index in [1.165, 1.54) is 0 Å². The van der Waals surface area contributed by atoms with Crippen molar-refractivity contribution in [1.82, 2.24) is 9.97 Å². The number of halogens is 1. The van der Waals surface area contributed by atoms with Gasteiger partial charge in [-0.2, -0.15) is 11.8 Å². The number of fused-ring (bicyclic) bond motifs is 1. The third kappa shape index (κ3) is 7.68. The Morgan fingerprint density at radius 3 is 2.46 bits per heavy atom. The highest BCUT2D eigenvalue weighted by atomic mass is 35.5. The van der Waals surface area contributed by atoms with Gasteiger partial charge in [-0.15, -0.1) is 0 Å². The van der Waals surface area contributed by atoms with Crippen LogP contribution in [-0.4, -0.2) is 28.6 Å². The molecule has 1 atom stereocenters. The van der Waals surface area contributed by atoms with Gasteiger partial charge in [0.15, 0.2) is 0 Å². The van der Waals surface area contributed by atoms with Crippen molar-refractivity contribution in [2.24, 2.45) is 5.73 Å². The Kier molecular flexibility index (Phi) is 14.5. The van der Waals surface area contributed by atoms with Gasteiger partial charge in [0.05, 0.1) is 12.0 Å². The number of pyridine rings is 2. The molecule has 0 radical (unpaired) electrons. The first kappa shape index (κ1) is 25.0. The molecule has 0 aromatic carbocycles.